The van der Waals surface area contributed by atoms with Gasteiger partial charge >= 0.3 is 6.01 Å². The van der Waals surface area contributed by atoms with Crippen molar-refractivity contribution in [2.45, 2.75) is 20.8 Å². The third-order valence-corrected chi connectivity index (χ3v) is 8.13. The molecule has 2 aromatic carbocycles. The van der Waals surface area contributed by atoms with Gasteiger partial charge < -0.3 is 15.8 Å². The molecule has 196 valence electrons. The summed E-state index contributed by atoms with van der Waals surface area (Å²) in [5.41, 5.74) is 11.3. The molecule has 0 radical (unpaired) electrons. The molecule has 0 unspecified atom stereocenters. The quantitative estimate of drug-likeness (QED) is 0.192. The number of thiophene rings is 1. The molecule has 5 aromatic rings. The first-order valence-electron chi connectivity index (χ1n) is 11.8. The molecule has 0 aliphatic rings. The van der Waals surface area contributed by atoms with Crippen molar-refractivity contribution in [2.75, 3.05) is 11.1 Å². The summed E-state index contributed by atoms with van der Waals surface area (Å²) in [6, 6.07) is 12.2. The van der Waals surface area contributed by atoms with E-state index < -0.39 is 5.82 Å². The molecule has 0 bridgehead atoms. The molecule has 0 saturated carbocycles. The number of hydrogen-bond donors (Lipinski definition) is 2. The first-order valence-corrected chi connectivity index (χ1v) is 13.4. The Bertz CT molecular complexity index is 1790. The summed E-state index contributed by atoms with van der Waals surface area (Å²) in [5, 5.41) is 3.56. The maximum atomic E-state index is 15.4. The van der Waals surface area contributed by atoms with Gasteiger partial charge in [-0.25, -0.2) is 19.3 Å². The van der Waals surface area contributed by atoms with Crippen molar-refractivity contribution in [3.63, 3.8) is 0 Å². The van der Waals surface area contributed by atoms with Crippen LogP contribution < -0.4 is 15.8 Å². The highest BCUT2D eigenvalue weighted by Crippen LogP contribution is 2.49. The van der Waals surface area contributed by atoms with Crippen LogP contribution in [0.15, 0.2) is 71.5 Å². The zero-order chi connectivity index (χ0) is 27.8. The molecule has 3 heterocycles. The van der Waals surface area contributed by atoms with Crippen molar-refractivity contribution in [3.05, 3.63) is 88.6 Å². The number of halogens is 2. The molecule has 5 rings (SSSR count). The van der Waals surface area contributed by atoms with Crippen molar-refractivity contribution in [3.8, 4) is 33.3 Å². The van der Waals surface area contributed by atoms with Gasteiger partial charge in [0.2, 0.25) is 0 Å². The Morgan fingerprint density at radius 3 is 2.64 bits per heavy atom. The molecule has 3 aromatic heterocycles. The van der Waals surface area contributed by atoms with Gasteiger partial charge in [-0.15, -0.1) is 11.3 Å². The van der Waals surface area contributed by atoms with Crippen molar-refractivity contribution in [1.82, 2.24) is 15.0 Å². The van der Waals surface area contributed by atoms with Gasteiger partial charge in [0.05, 0.1) is 9.17 Å². The minimum absolute atomic E-state index is 0.00602. The van der Waals surface area contributed by atoms with Gasteiger partial charge in [-0.1, -0.05) is 18.7 Å². The lowest BCUT2D eigenvalue weighted by atomic mass is 9.96. The van der Waals surface area contributed by atoms with E-state index in [1.54, 1.807) is 44.4 Å². The van der Waals surface area contributed by atoms with E-state index in [1.807, 2.05) is 25.1 Å². The molecule has 3 N–H and O–H groups in total. The normalized spacial score (nSPS) is 11.0. The average Bonchev–Trinajstić information content (AvgIpc) is 3.29. The van der Waals surface area contributed by atoms with Crippen LogP contribution in [0.5, 0.6) is 11.8 Å². The fourth-order valence-corrected chi connectivity index (χ4v) is 5.97. The molecule has 0 fully saturated rings. The lowest BCUT2D eigenvalue weighted by molar-refractivity contribution is -0.112. The molecule has 0 atom stereocenters. The SMILES string of the molecule is C=C(C)C(=O)Nc1ccc(-c2sc3c(Br)cnc(N)c3c2-c2ccc(Oc3nccc(C)n3)c(F)c2)c(C)c1. The van der Waals surface area contributed by atoms with E-state index in [4.69, 9.17) is 10.5 Å². The number of rotatable bonds is 6. The van der Waals surface area contributed by atoms with Crippen LogP contribution in [-0.2, 0) is 4.79 Å². The van der Waals surface area contributed by atoms with Crippen LogP contribution in [0, 0.1) is 19.7 Å². The second-order valence-electron chi connectivity index (χ2n) is 8.99. The van der Waals surface area contributed by atoms with E-state index >= 15 is 4.39 Å². The lowest BCUT2D eigenvalue weighted by Gasteiger charge is -2.12. The number of aromatic nitrogens is 3. The number of nitrogens with one attached hydrogen (secondary N) is 1. The van der Waals surface area contributed by atoms with Gasteiger partial charge in [0.1, 0.15) is 5.82 Å². The molecular weight excluding hydrogens is 581 g/mol. The molecule has 39 heavy (non-hydrogen) atoms. The predicted molar refractivity (Wildman–Crippen MR) is 158 cm³/mol. The number of pyridine rings is 1. The highest BCUT2D eigenvalue weighted by Gasteiger charge is 2.23. The third-order valence-electron chi connectivity index (χ3n) is 6.01. The van der Waals surface area contributed by atoms with Crippen molar-refractivity contribution < 1.29 is 13.9 Å². The van der Waals surface area contributed by atoms with Crippen LogP contribution in [0.25, 0.3) is 31.7 Å². The van der Waals surface area contributed by atoms with Crippen LogP contribution in [0.4, 0.5) is 15.9 Å². The maximum Gasteiger partial charge on any atom is 0.322 e. The number of hydrogen-bond acceptors (Lipinski definition) is 7. The molecule has 0 aliphatic heterocycles. The fourth-order valence-electron chi connectivity index (χ4n) is 4.10. The van der Waals surface area contributed by atoms with Crippen molar-refractivity contribution >= 4 is 54.8 Å². The van der Waals surface area contributed by atoms with Crippen LogP contribution in [0.1, 0.15) is 18.2 Å². The van der Waals surface area contributed by atoms with Crippen LogP contribution in [0.2, 0.25) is 0 Å². The summed E-state index contributed by atoms with van der Waals surface area (Å²) in [6.45, 7) is 9.10. The highest BCUT2D eigenvalue weighted by atomic mass is 79.9. The summed E-state index contributed by atoms with van der Waals surface area (Å²) in [6.07, 6.45) is 3.21. The van der Waals surface area contributed by atoms with E-state index in [-0.39, 0.29) is 17.7 Å². The van der Waals surface area contributed by atoms with Crippen LogP contribution >= 0.6 is 27.3 Å². The predicted octanol–water partition coefficient (Wildman–Crippen LogP) is 7.83. The standard InChI is InChI=1S/C29H23BrFN5O2S/c1-14(2)28(37)36-18-6-7-19(15(3)11-18)25-23(24-26(39-25)20(30)13-34-27(24)32)17-5-8-22(21(31)12-17)38-29-33-10-9-16(4)35-29/h5-13H,1H2,2-4H3,(H2,32,34)(H,36,37). The molecule has 7 nitrogen and oxygen atoms in total. The number of carbonyl (C=O) groups is 1. The van der Waals surface area contributed by atoms with E-state index in [1.165, 1.54) is 17.4 Å². The molecule has 10 heteroatoms. The zero-order valence-electron chi connectivity index (χ0n) is 21.3. The number of carbonyl (C=O) groups excluding carboxylic acids is 1. The van der Waals surface area contributed by atoms with Crippen LogP contribution in [0.3, 0.4) is 0 Å². The largest absolute Gasteiger partial charge is 0.421 e. The number of fused-ring (bicyclic) bond motifs is 1. The molecule has 0 aliphatic carbocycles. The Morgan fingerprint density at radius 1 is 1.15 bits per heavy atom. The fraction of sp³-hybridized carbons (Fsp3) is 0.103. The summed E-state index contributed by atoms with van der Waals surface area (Å²) < 4.78 is 22.7. The molecule has 0 saturated heterocycles. The lowest BCUT2D eigenvalue weighted by Crippen LogP contribution is -2.11. The van der Waals surface area contributed by atoms with Gasteiger partial charge in [-0.2, -0.15) is 0 Å². The van der Waals surface area contributed by atoms with E-state index in [2.05, 4.69) is 42.8 Å². The number of benzene rings is 2. The van der Waals surface area contributed by atoms with Gasteiger partial charge in [0, 0.05) is 45.2 Å². The molecule has 0 spiro atoms. The Labute approximate surface area is 236 Å². The van der Waals surface area contributed by atoms with Gasteiger partial charge in [-0.3, -0.25) is 4.79 Å². The highest BCUT2D eigenvalue weighted by molar-refractivity contribution is 9.10. The number of nitrogen functional groups attached to an aromatic ring is 1. The zero-order valence-corrected chi connectivity index (χ0v) is 23.7. The van der Waals surface area contributed by atoms with E-state index in [0.717, 1.165) is 36.1 Å². The summed E-state index contributed by atoms with van der Waals surface area (Å²) in [4.78, 5) is 25.6. The smallest absolute Gasteiger partial charge is 0.322 e. The minimum Gasteiger partial charge on any atom is -0.421 e. The summed E-state index contributed by atoms with van der Waals surface area (Å²) in [7, 11) is 0. The van der Waals surface area contributed by atoms with Crippen molar-refractivity contribution in [1.29, 1.82) is 0 Å². The maximum absolute atomic E-state index is 15.4. The first-order chi connectivity index (χ1) is 18.6. The third kappa shape index (κ3) is 5.25. The van der Waals surface area contributed by atoms with Gasteiger partial charge in [0.15, 0.2) is 11.6 Å². The van der Waals surface area contributed by atoms with Gasteiger partial charge in [-0.05, 0) is 83.7 Å². The Morgan fingerprint density at radius 2 is 1.95 bits per heavy atom. The van der Waals surface area contributed by atoms with Crippen molar-refractivity contribution in [2.24, 2.45) is 0 Å². The molecule has 1 amide bonds. The number of nitrogens with two attached hydrogens (primary N) is 1. The number of aryl methyl sites for hydroxylation is 2. The Balaban J connectivity index is 1.64. The second-order valence-corrected chi connectivity index (χ2v) is 10.9. The van der Waals surface area contributed by atoms with Gasteiger partial charge in [0.25, 0.3) is 5.91 Å². The first kappa shape index (κ1) is 26.5. The number of ether oxygens (including phenoxy) is 1. The monoisotopic (exact) mass is 603 g/mol. The summed E-state index contributed by atoms with van der Waals surface area (Å²) >= 11 is 5.12. The van der Waals surface area contributed by atoms with Crippen LogP contribution in [-0.4, -0.2) is 20.9 Å². The topological polar surface area (TPSA) is 103 Å². The molecular formula is C29H23BrFN5O2S. The Hall–Kier alpha value is -4.15. The van der Waals surface area contributed by atoms with E-state index in [0.29, 0.717) is 28.3 Å². The second kappa shape index (κ2) is 10.5. The van der Waals surface area contributed by atoms with E-state index in [9.17, 15) is 4.79 Å². The number of anilines is 2. The average molecular weight is 605 g/mol. The number of amides is 1. The summed E-state index contributed by atoms with van der Waals surface area (Å²) in [5.74, 6) is -0.477. The Kier molecular flexibility index (Phi) is 7.16. The minimum atomic E-state index is -0.570. The number of nitrogens with zero attached hydrogens (tertiary/aromatic N) is 3.